The van der Waals surface area contributed by atoms with Crippen molar-refractivity contribution in [3.8, 4) is 0 Å². The summed E-state index contributed by atoms with van der Waals surface area (Å²) in [6.07, 6.45) is -7.07. The molecular formula is C11H25NO6. The quantitative estimate of drug-likeness (QED) is 0.377. The first-order valence-corrected chi connectivity index (χ1v) is 5.94. The van der Waals surface area contributed by atoms with Gasteiger partial charge < -0.3 is 30.4 Å². The number of carbonyl (C=O) groups excluding carboxylic acids is 1. The summed E-state index contributed by atoms with van der Waals surface area (Å²) in [4.78, 5) is 12.6. The number of nitrogens with zero attached hydrogens (tertiary/aromatic N) is 1. The van der Waals surface area contributed by atoms with Crippen molar-refractivity contribution in [2.24, 2.45) is 0 Å². The van der Waals surface area contributed by atoms with Crippen LogP contribution in [-0.4, -0.2) is 81.0 Å². The maximum atomic E-state index is 11.4. The lowest BCUT2D eigenvalue weighted by molar-refractivity contribution is -0.157. The molecular weight excluding hydrogens is 242 g/mol. The van der Waals surface area contributed by atoms with Crippen LogP contribution in [0.25, 0.3) is 0 Å². The third-order valence-electron chi connectivity index (χ3n) is 2.36. The highest BCUT2D eigenvalue weighted by molar-refractivity contribution is 5.81. The molecule has 4 atom stereocenters. The second-order valence-electron chi connectivity index (χ2n) is 3.53. The van der Waals surface area contributed by atoms with Crippen LogP contribution < -0.4 is 0 Å². The first kappa shape index (κ1) is 19.6. The minimum absolute atomic E-state index is 0.335. The largest absolute Gasteiger partial charge is 0.394 e. The molecule has 0 heterocycles. The second-order valence-corrected chi connectivity index (χ2v) is 3.53. The second kappa shape index (κ2) is 10.2. The molecule has 0 aliphatic rings. The average Bonchev–Trinajstić information content (AvgIpc) is 2.44. The monoisotopic (exact) mass is 267 g/mol. The number of amides is 1. The van der Waals surface area contributed by atoms with Crippen molar-refractivity contribution in [3.63, 3.8) is 0 Å². The minimum atomic E-state index is -1.84. The molecule has 0 aliphatic heterocycles. The van der Waals surface area contributed by atoms with Crippen LogP contribution >= 0.6 is 0 Å². The molecule has 0 spiro atoms. The Morgan fingerprint density at radius 1 is 1.11 bits per heavy atom. The van der Waals surface area contributed by atoms with Gasteiger partial charge in [0.2, 0.25) is 0 Å². The Kier molecular flexibility index (Phi) is 11.1. The summed E-state index contributed by atoms with van der Waals surface area (Å²) in [5.74, 6) is -0.765. The Labute approximate surface area is 107 Å². The number of aliphatic hydroxyl groups excluding tert-OH is 5. The van der Waals surface area contributed by atoms with Crippen molar-refractivity contribution >= 4 is 5.91 Å². The van der Waals surface area contributed by atoms with Gasteiger partial charge in [-0.1, -0.05) is 13.8 Å². The standard InChI is InChI=1S/C9H19NO6.C2H6/c1-3-10(2)9(16)8(15)7(14)6(13)5(12)4-11;1-2/h5-8,11-15H,3-4H2,1-2H3;1-2H3. The Morgan fingerprint density at radius 3 is 1.89 bits per heavy atom. The average molecular weight is 267 g/mol. The van der Waals surface area contributed by atoms with Gasteiger partial charge in [0, 0.05) is 13.6 Å². The minimum Gasteiger partial charge on any atom is -0.394 e. The van der Waals surface area contributed by atoms with Gasteiger partial charge in [-0.25, -0.2) is 0 Å². The highest BCUT2D eigenvalue weighted by atomic mass is 16.4. The van der Waals surface area contributed by atoms with E-state index in [-0.39, 0.29) is 0 Å². The van der Waals surface area contributed by atoms with E-state index < -0.39 is 36.9 Å². The zero-order valence-electron chi connectivity index (χ0n) is 11.3. The van der Waals surface area contributed by atoms with Gasteiger partial charge in [0.15, 0.2) is 6.10 Å². The summed E-state index contributed by atoms with van der Waals surface area (Å²) in [5.41, 5.74) is 0. The van der Waals surface area contributed by atoms with Gasteiger partial charge >= 0.3 is 0 Å². The molecule has 0 bridgehead atoms. The van der Waals surface area contributed by atoms with E-state index in [2.05, 4.69) is 0 Å². The molecule has 1 amide bonds. The van der Waals surface area contributed by atoms with Gasteiger partial charge in [-0.05, 0) is 6.92 Å². The molecule has 0 saturated heterocycles. The highest BCUT2D eigenvalue weighted by Gasteiger charge is 2.35. The predicted octanol–water partition coefficient (Wildman–Crippen LogP) is -2.07. The summed E-state index contributed by atoms with van der Waals surface area (Å²) in [6, 6.07) is 0. The van der Waals surface area contributed by atoms with Crippen LogP contribution in [-0.2, 0) is 4.79 Å². The summed E-state index contributed by atoms with van der Waals surface area (Å²) >= 11 is 0. The molecule has 0 aromatic heterocycles. The Morgan fingerprint density at radius 2 is 1.56 bits per heavy atom. The molecule has 18 heavy (non-hydrogen) atoms. The van der Waals surface area contributed by atoms with E-state index >= 15 is 0 Å². The molecule has 0 aliphatic carbocycles. The van der Waals surface area contributed by atoms with Crippen LogP contribution in [0, 0.1) is 0 Å². The van der Waals surface area contributed by atoms with Crippen LogP contribution in [0.15, 0.2) is 0 Å². The highest BCUT2D eigenvalue weighted by Crippen LogP contribution is 2.07. The van der Waals surface area contributed by atoms with E-state index in [0.29, 0.717) is 6.54 Å². The SMILES string of the molecule is CC.CCN(C)C(=O)C(O)C(O)C(O)C(O)CO. The number of carbonyl (C=O) groups is 1. The number of hydrogen-bond acceptors (Lipinski definition) is 6. The molecule has 110 valence electrons. The van der Waals surface area contributed by atoms with Gasteiger partial charge in [0.25, 0.3) is 5.91 Å². The summed E-state index contributed by atoms with van der Waals surface area (Å²) in [6.45, 7) is 5.24. The third-order valence-corrected chi connectivity index (χ3v) is 2.36. The maximum absolute atomic E-state index is 11.4. The molecule has 0 saturated carbocycles. The van der Waals surface area contributed by atoms with Crippen molar-refractivity contribution in [1.29, 1.82) is 0 Å². The Bertz CT molecular complexity index is 226. The molecule has 5 N–H and O–H groups in total. The van der Waals surface area contributed by atoms with E-state index in [0.717, 1.165) is 4.90 Å². The van der Waals surface area contributed by atoms with Crippen LogP contribution in [0.3, 0.4) is 0 Å². The Hall–Kier alpha value is -0.730. The van der Waals surface area contributed by atoms with E-state index in [4.69, 9.17) is 10.2 Å². The van der Waals surface area contributed by atoms with Gasteiger partial charge in [-0.3, -0.25) is 4.79 Å². The molecule has 0 aromatic rings. The zero-order chi connectivity index (χ0) is 14.9. The maximum Gasteiger partial charge on any atom is 0.253 e. The zero-order valence-corrected chi connectivity index (χ0v) is 11.3. The normalized spacial score (nSPS) is 16.9. The van der Waals surface area contributed by atoms with Crippen molar-refractivity contribution in [3.05, 3.63) is 0 Å². The molecule has 7 nitrogen and oxygen atoms in total. The molecule has 4 unspecified atom stereocenters. The van der Waals surface area contributed by atoms with E-state index in [1.54, 1.807) is 6.92 Å². The molecule has 7 heteroatoms. The van der Waals surface area contributed by atoms with Crippen LogP contribution in [0.2, 0.25) is 0 Å². The number of hydrogen-bond donors (Lipinski definition) is 5. The number of aliphatic hydroxyl groups is 5. The lowest BCUT2D eigenvalue weighted by Crippen LogP contribution is -2.51. The lowest BCUT2D eigenvalue weighted by atomic mass is 10.0. The van der Waals surface area contributed by atoms with Crippen molar-refractivity contribution in [2.75, 3.05) is 20.2 Å². The fourth-order valence-electron chi connectivity index (χ4n) is 1.05. The van der Waals surface area contributed by atoms with Gasteiger partial charge in [0.1, 0.15) is 18.3 Å². The summed E-state index contributed by atoms with van der Waals surface area (Å²) in [7, 11) is 1.42. The molecule has 0 radical (unpaired) electrons. The van der Waals surface area contributed by atoms with Gasteiger partial charge in [0.05, 0.1) is 6.61 Å². The van der Waals surface area contributed by atoms with Gasteiger partial charge in [-0.2, -0.15) is 0 Å². The third kappa shape index (κ3) is 5.74. The number of likely N-dealkylation sites (N-methyl/N-ethyl adjacent to an activating group) is 1. The van der Waals surface area contributed by atoms with Crippen molar-refractivity contribution in [2.45, 2.75) is 45.2 Å². The Balaban J connectivity index is 0. The van der Waals surface area contributed by atoms with Crippen LogP contribution in [0.4, 0.5) is 0 Å². The topological polar surface area (TPSA) is 121 Å². The first-order chi connectivity index (χ1) is 8.36. The molecule has 0 rings (SSSR count). The smallest absolute Gasteiger partial charge is 0.253 e. The molecule has 0 aromatic carbocycles. The van der Waals surface area contributed by atoms with Crippen LogP contribution in [0.1, 0.15) is 20.8 Å². The van der Waals surface area contributed by atoms with E-state index in [1.165, 1.54) is 7.05 Å². The summed E-state index contributed by atoms with van der Waals surface area (Å²) in [5, 5.41) is 45.6. The van der Waals surface area contributed by atoms with E-state index in [9.17, 15) is 20.1 Å². The molecule has 0 fully saturated rings. The fraction of sp³-hybridized carbons (Fsp3) is 0.909. The van der Waals surface area contributed by atoms with Crippen molar-refractivity contribution in [1.82, 2.24) is 4.90 Å². The first-order valence-electron chi connectivity index (χ1n) is 5.94. The predicted molar refractivity (Wildman–Crippen MR) is 65.8 cm³/mol. The number of rotatable bonds is 6. The lowest BCUT2D eigenvalue weighted by Gasteiger charge is -2.27. The van der Waals surface area contributed by atoms with Crippen LogP contribution in [0.5, 0.6) is 0 Å². The van der Waals surface area contributed by atoms with Gasteiger partial charge in [-0.15, -0.1) is 0 Å². The van der Waals surface area contributed by atoms with E-state index in [1.807, 2.05) is 13.8 Å². The fourth-order valence-corrected chi connectivity index (χ4v) is 1.05. The van der Waals surface area contributed by atoms with Crippen molar-refractivity contribution < 1.29 is 30.3 Å². The summed E-state index contributed by atoms with van der Waals surface area (Å²) < 4.78 is 0.